The second kappa shape index (κ2) is 6.18. The molecule has 0 aromatic heterocycles. The van der Waals surface area contributed by atoms with Crippen LogP contribution in [0.3, 0.4) is 0 Å². The number of allylic oxidation sites excluding steroid dienone is 4. The maximum Gasteiger partial charge on any atom is 0.234 e. The highest BCUT2D eigenvalue weighted by Gasteiger charge is 2.18. The molecule has 1 amide bonds. The Hall–Kier alpha value is -2.01. The van der Waals surface area contributed by atoms with Gasteiger partial charge in [-0.05, 0) is 30.2 Å². The molecule has 4 nitrogen and oxygen atoms in total. The second-order valence-corrected chi connectivity index (χ2v) is 5.94. The molecule has 1 aliphatic carbocycles. The molecule has 1 heterocycles. The van der Waals surface area contributed by atoms with E-state index in [4.69, 9.17) is 4.84 Å². The van der Waals surface area contributed by atoms with Gasteiger partial charge in [0, 0.05) is 10.8 Å². The van der Waals surface area contributed by atoms with Gasteiger partial charge in [-0.1, -0.05) is 29.5 Å². The topological polar surface area (TPSA) is 50.7 Å². The van der Waals surface area contributed by atoms with E-state index in [1.807, 2.05) is 24.3 Å². The van der Waals surface area contributed by atoms with E-state index in [0.717, 1.165) is 22.7 Å². The molecule has 0 saturated carbocycles. The second-order valence-electron chi connectivity index (χ2n) is 4.92. The highest BCUT2D eigenvalue weighted by atomic mass is 32.2. The number of hydrogen-bond donors (Lipinski definition) is 1. The predicted molar refractivity (Wildman–Crippen MR) is 85.7 cm³/mol. The Bertz CT molecular complexity index is 650. The van der Waals surface area contributed by atoms with Gasteiger partial charge in [-0.15, -0.1) is 11.8 Å². The number of thioether (sulfide) groups is 1. The largest absolute Gasteiger partial charge is 0.399 e. The minimum absolute atomic E-state index is 0.0649. The molecule has 3 rings (SSSR count). The summed E-state index contributed by atoms with van der Waals surface area (Å²) < 4.78 is 0. The van der Waals surface area contributed by atoms with Gasteiger partial charge in [-0.25, -0.2) is 0 Å². The third-order valence-corrected chi connectivity index (χ3v) is 4.49. The Morgan fingerprint density at radius 2 is 2.33 bits per heavy atom. The number of carbonyl (C=O) groups excluding carboxylic acids is 1. The summed E-state index contributed by atoms with van der Waals surface area (Å²) in [5.41, 5.74) is 3.06. The van der Waals surface area contributed by atoms with Crippen molar-refractivity contribution in [1.29, 1.82) is 0 Å². The lowest BCUT2D eigenvalue weighted by molar-refractivity contribution is -0.113. The van der Waals surface area contributed by atoms with Crippen molar-refractivity contribution in [2.45, 2.75) is 11.3 Å². The molecule has 0 saturated heterocycles. The van der Waals surface area contributed by atoms with Gasteiger partial charge in [0.25, 0.3) is 0 Å². The van der Waals surface area contributed by atoms with Gasteiger partial charge in [-0.2, -0.15) is 0 Å². The maximum absolute atomic E-state index is 11.4. The highest BCUT2D eigenvalue weighted by molar-refractivity contribution is 8.00. The van der Waals surface area contributed by atoms with E-state index < -0.39 is 0 Å². The van der Waals surface area contributed by atoms with E-state index in [9.17, 15) is 4.79 Å². The zero-order valence-electron chi connectivity index (χ0n) is 11.7. The van der Waals surface area contributed by atoms with Crippen LogP contribution in [0.5, 0.6) is 0 Å². The Morgan fingerprint density at radius 1 is 1.43 bits per heavy atom. The average molecular weight is 300 g/mol. The first-order valence-electron chi connectivity index (χ1n) is 6.78. The molecule has 21 heavy (non-hydrogen) atoms. The Labute approximate surface area is 127 Å². The van der Waals surface area contributed by atoms with Crippen molar-refractivity contribution in [3.05, 3.63) is 48.1 Å². The van der Waals surface area contributed by atoms with Crippen molar-refractivity contribution < 1.29 is 9.63 Å². The molecule has 1 aromatic carbocycles. The van der Waals surface area contributed by atoms with Crippen LogP contribution in [0.2, 0.25) is 0 Å². The summed E-state index contributed by atoms with van der Waals surface area (Å²) in [4.78, 5) is 17.4. The van der Waals surface area contributed by atoms with Gasteiger partial charge < -0.3 is 10.2 Å². The summed E-state index contributed by atoms with van der Waals surface area (Å²) in [6.45, 7) is 0. The van der Waals surface area contributed by atoms with Crippen molar-refractivity contribution in [3.8, 4) is 0 Å². The lowest BCUT2D eigenvalue weighted by Crippen LogP contribution is -2.19. The summed E-state index contributed by atoms with van der Waals surface area (Å²) in [6.07, 6.45) is 8.97. The quantitative estimate of drug-likeness (QED) is 0.873. The van der Waals surface area contributed by atoms with Gasteiger partial charge >= 0.3 is 0 Å². The number of rotatable bonds is 3. The van der Waals surface area contributed by atoms with Crippen LogP contribution < -0.4 is 5.32 Å². The van der Waals surface area contributed by atoms with Gasteiger partial charge in [0.05, 0.1) is 17.2 Å². The number of anilines is 1. The normalized spacial score (nSPS) is 22.0. The van der Waals surface area contributed by atoms with E-state index in [2.05, 4.69) is 28.7 Å². The number of amides is 1. The summed E-state index contributed by atoms with van der Waals surface area (Å²) in [5, 5.41) is 6.97. The molecule has 1 aromatic rings. The fourth-order valence-corrected chi connectivity index (χ4v) is 3.32. The SMILES string of the molecule is CON=C1C=CC=CC1Cc1ccc2c(c1)SCC(=O)N2. The van der Waals surface area contributed by atoms with Crippen LogP contribution in [-0.4, -0.2) is 24.5 Å². The number of hydrogen-bond acceptors (Lipinski definition) is 4. The molecular weight excluding hydrogens is 284 g/mol. The monoisotopic (exact) mass is 300 g/mol. The smallest absolute Gasteiger partial charge is 0.234 e. The van der Waals surface area contributed by atoms with Gasteiger partial charge in [0.2, 0.25) is 5.91 Å². The van der Waals surface area contributed by atoms with Crippen LogP contribution in [0.4, 0.5) is 5.69 Å². The molecule has 108 valence electrons. The maximum atomic E-state index is 11.4. The summed E-state index contributed by atoms with van der Waals surface area (Å²) >= 11 is 1.59. The molecule has 0 bridgehead atoms. The zero-order chi connectivity index (χ0) is 14.7. The number of fused-ring (bicyclic) bond motifs is 1. The van der Waals surface area contributed by atoms with Gasteiger partial charge in [0.15, 0.2) is 0 Å². The third-order valence-electron chi connectivity index (χ3n) is 3.43. The molecule has 5 heteroatoms. The van der Waals surface area contributed by atoms with Gasteiger partial charge in [-0.3, -0.25) is 4.79 Å². The number of nitrogens with zero attached hydrogens (tertiary/aromatic N) is 1. The van der Waals surface area contributed by atoms with Crippen molar-refractivity contribution in [1.82, 2.24) is 0 Å². The van der Waals surface area contributed by atoms with E-state index in [1.165, 1.54) is 5.56 Å². The summed E-state index contributed by atoms with van der Waals surface area (Å²) in [7, 11) is 1.56. The molecule has 0 spiro atoms. The highest BCUT2D eigenvalue weighted by Crippen LogP contribution is 2.32. The average Bonchev–Trinajstić information content (AvgIpc) is 2.50. The molecule has 0 radical (unpaired) electrons. The standard InChI is InChI=1S/C16H16N2O2S/c1-20-18-13-5-3-2-4-12(13)8-11-6-7-14-15(9-11)21-10-16(19)17-14/h2-7,9,12H,8,10H2,1H3,(H,17,19). The van der Waals surface area contributed by atoms with Crippen molar-refractivity contribution in [2.24, 2.45) is 11.1 Å². The molecule has 2 aliphatic rings. The number of carbonyl (C=O) groups is 1. The van der Waals surface area contributed by atoms with Crippen LogP contribution in [0, 0.1) is 5.92 Å². The Morgan fingerprint density at radius 3 is 3.19 bits per heavy atom. The van der Waals surface area contributed by atoms with Crippen molar-refractivity contribution in [3.63, 3.8) is 0 Å². The van der Waals surface area contributed by atoms with Crippen molar-refractivity contribution in [2.75, 3.05) is 18.2 Å². The summed E-state index contributed by atoms with van der Waals surface area (Å²) in [5.74, 6) is 0.769. The lowest BCUT2D eigenvalue weighted by atomic mass is 9.91. The van der Waals surface area contributed by atoms with E-state index in [-0.39, 0.29) is 11.8 Å². The first kappa shape index (κ1) is 13.9. The van der Waals surface area contributed by atoms with Crippen LogP contribution in [0.25, 0.3) is 0 Å². The molecule has 1 atom stereocenters. The number of oxime groups is 1. The number of benzene rings is 1. The number of nitrogens with one attached hydrogen (secondary N) is 1. The lowest BCUT2D eigenvalue weighted by Gasteiger charge is -2.19. The zero-order valence-corrected chi connectivity index (χ0v) is 12.5. The van der Waals surface area contributed by atoms with E-state index in [1.54, 1.807) is 18.9 Å². The molecule has 1 unspecified atom stereocenters. The van der Waals surface area contributed by atoms with E-state index >= 15 is 0 Å². The summed E-state index contributed by atoms with van der Waals surface area (Å²) in [6, 6.07) is 6.18. The molecule has 1 aliphatic heterocycles. The van der Waals surface area contributed by atoms with Crippen LogP contribution in [0.1, 0.15) is 5.56 Å². The fourth-order valence-electron chi connectivity index (χ4n) is 2.45. The van der Waals surface area contributed by atoms with Crippen LogP contribution >= 0.6 is 11.8 Å². The van der Waals surface area contributed by atoms with Gasteiger partial charge in [0.1, 0.15) is 7.11 Å². The van der Waals surface area contributed by atoms with Crippen LogP contribution in [-0.2, 0) is 16.1 Å². The third kappa shape index (κ3) is 3.19. The first-order valence-corrected chi connectivity index (χ1v) is 7.76. The Kier molecular flexibility index (Phi) is 4.10. The van der Waals surface area contributed by atoms with Crippen LogP contribution in [0.15, 0.2) is 52.6 Å². The fraction of sp³-hybridized carbons (Fsp3) is 0.250. The van der Waals surface area contributed by atoms with Crippen molar-refractivity contribution >= 4 is 29.1 Å². The molecule has 0 fully saturated rings. The Balaban J connectivity index is 1.79. The first-order chi connectivity index (χ1) is 10.3. The predicted octanol–water partition coefficient (Wildman–Crippen LogP) is 3.02. The molecule has 1 N–H and O–H groups in total. The van der Waals surface area contributed by atoms with E-state index in [0.29, 0.717) is 5.75 Å². The minimum Gasteiger partial charge on any atom is -0.399 e. The molecular formula is C16H16N2O2S. The minimum atomic E-state index is 0.0649.